The maximum absolute atomic E-state index is 10.5. The summed E-state index contributed by atoms with van der Waals surface area (Å²) in [5.41, 5.74) is 0.404. The van der Waals surface area contributed by atoms with Crippen LogP contribution in [0.5, 0.6) is 0 Å². The molecule has 0 N–H and O–H groups in total. The molecule has 1 fully saturated rings. The molecule has 2 heteroatoms. The first kappa shape index (κ1) is 8.13. The summed E-state index contributed by atoms with van der Waals surface area (Å²) in [6.07, 6.45) is 3.30. The van der Waals surface area contributed by atoms with Crippen LogP contribution >= 0.6 is 0 Å². The summed E-state index contributed by atoms with van der Waals surface area (Å²) in [7, 11) is 1.34. The normalized spacial score (nSPS) is 18.0. The van der Waals surface area contributed by atoms with Gasteiger partial charge >= 0.3 is 5.97 Å². The summed E-state index contributed by atoms with van der Waals surface area (Å²) >= 11 is 0. The van der Waals surface area contributed by atoms with Crippen LogP contribution in [0, 0.1) is 17.3 Å². The molecular formula is C9H12O2. The van der Waals surface area contributed by atoms with Gasteiger partial charge in [-0.3, -0.25) is 0 Å². The van der Waals surface area contributed by atoms with Gasteiger partial charge in [-0.15, -0.1) is 0 Å². The summed E-state index contributed by atoms with van der Waals surface area (Å²) in [5, 5.41) is 0. The zero-order chi connectivity index (χ0) is 8.32. The van der Waals surface area contributed by atoms with Crippen molar-refractivity contribution in [3.8, 4) is 11.8 Å². The van der Waals surface area contributed by atoms with Gasteiger partial charge in [-0.2, -0.15) is 0 Å². The van der Waals surface area contributed by atoms with Crippen molar-refractivity contribution in [1.29, 1.82) is 0 Å². The molecule has 0 spiro atoms. The van der Waals surface area contributed by atoms with Crippen LogP contribution in [0.15, 0.2) is 0 Å². The Morgan fingerprint density at radius 3 is 2.73 bits per heavy atom. The van der Waals surface area contributed by atoms with Crippen LogP contribution in [-0.2, 0) is 9.53 Å². The maximum Gasteiger partial charge on any atom is 0.384 e. The first-order valence-corrected chi connectivity index (χ1v) is 3.73. The van der Waals surface area contributed by atoms with Crippen molar-refractivity contribution in [1.82, 2.24) is 0 Å². The lowest BCUT2D eigenvalue weighted by Gasteiger charge is -1.97. The van der Waals surface area contributed by atoms with E-state index < -0.39 is 5.97 Å². The standard InChI is InChI=1S/C9H12O2/c1-9(6-7-9)5-3-4-8(10)11-2/h5-7H2,1-2H3. The van der Waals surface area contributed by atoms with Crippen LogP contribution in [0.2, 0.25) is 0 Å². The molecule has 0 heterocycles. The Kier molecular flexibility index (Phi) is 2.19. The van der Waals surface area contributed by atoms with Crippen LogP contribution in [-0.4, -0.2) is 13.1 Å². The Labute approximate surface area is 66.9 Å². The number of carbonyl (C=O) groups is 1. The summed E-state index contributed by atoms with van der Waals surface area (Å²) in [4.78, 5) is 10.5. The molecule has 0 aromatic carbocycles. The van der Waals surface area contributed by atoms with Gasteiger partial charge in [0.15, 0.2) is 0 Å². The summed E-state index contributed by atoms with van der Waals surface area (Å²) < 4.78 is 4.37. The number of esters is 1. The van der Waals surface area contributed by atoms with Crippen molar-refractivity contribution in [2.24, 2.45) is 5.41 Å². The number of hydrogen-bond acceptors (Lipinski definition) is 2. The molecule has 0 bridgehead atoms. The third kappa shape index (κ3) is 2.63. The van der Waals surface area contributed by atoms with Crippen molar-refractivity contribution in [2.45, 2.75) is 26.2 Å². The average Bonchev–Trinajstić information content (AvgIpc) is 2.68. The molecule has 0 aromatic rings. The van der Waals surface area contributed by atoms with Crippen molar-refractivity contribution < 1.29 is 9.53 Å². The minimum absolute atomic E-state index is 0.404. The van der Waals surface area contributed by atoms with E-state index >= 15 is 0 Å². The fraction of sp³-hybridized carbons (Fsp3) is 0.667. The SMILES string of the molecule is COC(=O)C#CCC1(C)CC1. The lowest BCUT2D eigenvalue weighted by atomic mass is 10.1. The fourth-order valence-electron chi connectivity index (χ4n) is 0.771. The van der Waals surface area contributed by atoms with Gasteiger partial charge in [-0.1, -0.05) is 12.8 Å². The van der Waals surface area contributed by atoms with Crippen molar-refractivity contribution in [3.63, 3.8) is 0 Å². The molecule has 0 saturated heterocycles. The van der Waals surface area contributed by atoms with E-state index in [4.69, 9.17) is 0 Å². The largest absolute Gasteiger partial charge is 0.459 e. The molecule has 0 unspecified atom stereocenters. The maximum atomic E-state index is 10.5. The van der Waals surface area contributed by atoms with Gasteiger partial charge in [0.05, 0.1) is 7.11 Å². The highest BCUT2D eigenvalue weighted by Crippen LogP contribution is 2.47. The Hall–Kier alpha value is -0.970. The molecule has 0 aliphatic heterocycles. The third-order valence-corrected chi connectivity index (χ3v) is 1.99. The van der Waals surface area contributed by atoms with Gasteiger partial charge in [0, 0.05) is 12.3 Å². The minimum Gasteiger partial charge on any atom is -0.459 e. The fourth-order valence-corrected chi connectivity index (χ4v) is 0.771. The molecule has 0 aromatic heterocycles. The monoisotopic (exact) mass is 152 g/mol. The second-order valence-electron chi connectivity index (χ2n) is 3.28. The number of carbonyl (C=O) groups excluding carboxylic acids is 1. The molecule has 11 heavy (non-hydrogen) atoms. The van der Waals surface area contributed by atoms with E-state index in [1.54, 1.807) is 0 Å². The highest BCUT2D eigenvalue weighted by atomic mass is 16.5. The van der Waals surface area contributed by atoms with Gasteiger partial charge in [-0.25, -0.2) is 4.79 Å². The highest BCUT2D eigenvalue weighted by molar-refractivity contribution is 5.88. The average molecular weight is 152 g/mol. The molecule has 1 aliphatic carbocycles. The second-order valence-corrected chi connectivity index (χ2v) is 3.28. The van der Waals surface area contributed by atoms with E-state index in [1.165, 1.54) is 20.0 Å². The van der Waals surface area contributed by atoms with E-state index in [0.29, 0.717) is 5.41 Å². The first-order chi connectivity index (χ1) is 5.16. The van der Waals surface area contributed by atoms with Gasteiger partial charge < -0.3 is 4.74 Å². The van der Waals surface area contributed by atoms with Crippen LogP contribution < -0.4 is 0 Å². The number of methoxy groups -OCH3 is 1. The van der Waals surface area contributed by atoms with Gasteiger partial charge in [0.25, 0.3) is 0 Å². The van der Waals surface area contributed by atoms with Gasteiger partial charge in [0.2, 0.25) is 0 Å². The van der Waals surface area contributed by atoms with Gasteiger partial charge in [0.1, 0.15) is 0 Å². The third-order valence-electron chi connectivity index (χ3n) is 1.99. The number of hydrogen-bond donors (Lipinski definition) is 0. The summed E-state index contributed by atoms with van der Waals surface area (Å²) in [6, 6.07) is 0. The van der Waals surface area contributed by atoms with E-state index in [9.17, 15) is 4.79 Å². The van der Waals surface area contributed by atoms with Crippen LogP contribution in [0.25, 0.3) is 0 Å². The first-order valence-electron chi connectivity index (χ1n) is 3.73. The predicted octanol–water partition coefficient (Wildman–Crippen LogP) is 1.35. The molecule has 1 rings (SSSR count). The van der Waals surface area contributed by atoms with E-state index in [-0.39, 0.29) is 0 Å². The molecule has 60 valence electrons. The molecule has 0 amide bonds. The Balaban J connectivity index is 2.28. The van der Waals surface area contributed by atoms with E-state index in [1.807, 2.05) is 0 Å². The number of ether oxygens (including phenoxy) is 1. The lowest BCUT2D eigenvalue weighted by Crippen LogP contribution is -1.95. The Bertz CT molecular complexity index is 215. The molecule has 1 saturated carbocycles. The van der Waals surface area contributed by atoms with E-state index in [0.717, 1.165) is 6.42 Å². The van der Waals surface area contributed by atoms with Crippen LogP contribution in [0.1, 0.15) is 26.2 Å². The van der Waals surface area contributed by atoms with Crippen molar-refractivity contribution in [3.05, 3.63) is 0 Å². The molecular weight excluding hydrogens is 140 g/mol. The minimum atomic E-state index is -0.436. The van der Waals surface area contributed by atoms with Crippen LogP contribution in [0.4, 0.5) is 0 Å². The second kappa shape index (κ2) is 2.96. The molecule has 1 aliphatic rings. The predicted molar refractivity (Wildman–Crippen MR) is 41.8 cm³/mol. The smallest absolute Gasteiger partial charge is 0.384 e. The zero-order valence-electron chi connectivity index (χ0n) is 6.94. The summed E-state index contributed by atoms with van der Waals surface area (Å²) in [5.74, 6) is 4.80. The Morgan fingerprint density at radius 2 is 2.27 bits per heavy atom. The summed E-state index contributed by atoms with van der Waals surface area (Å²) in [6.45, 7) is 2.18. The number of rotatable bonds is 1. The Morgan fingerprint density at radius 1 is 1.64 bits per heavy atom. The van der Waals surface area contributed by atoms with Crippen molar-refractivity contribution in [2.75, 3.05) is 7.11 Å². The highest BCUT2D eigenvalue weighted by Gasteiger charge is 2.35. The molecule has 0 radical (unpaired) electrons. The topological polar surface area (TPSA) is 26.3 Å². The van der Waals surface area contributed by atoms with E-state index in [2.05, 4.69) is 23.5 Å². The zero-order valence-corrected chi connectivity index (χ0v) is 6.94. The van der Waals surface area contributed by atoms with Crippen LogP contribution in [0.3, 0.4) is 0 Å². The molecule has 0 atom stereocenters. The molecule has 2 nitrogen and oxygen atoms in total. The van der Waals surface area contributed by atoms with Crippen molar-refractivity contribution >= 4 is 5.97 Å². The lowest BCUT2D eigenvalue weighted by molar-refractivity contribution is -0.133. The van der Waals surface area contributed by atoms with Gasteiger partial charge in [-0.05, 0) is 18.3 Å². The quantitative estimate of drug-likeness (QED) is 0.322.